The van der Waals surface area contributed by atoms with E-state index in [2.05, 4.69) is 10.3 Å². The van der Waals surface area contributed by atoms with Crippen molar-refractivity contribution in [3.63, 3.8) is 0 Å². The fourth-order valence-electron chi connectivity index (χ4n) is 2.99. The highest BCUT2D eigenvalue weighted by molar-refractivity contribution is 7.22. The molecule has 29 heavy (non-hydrogen) atoms. The Morgan fingerprint density at radius 3 is 2.48 bits per heavy atom. The Morgan fingerprint density at radius 2 is 1.76 bits per heavy atom. The van der Waals surface area contributed by atoms with Crippen molar-refractivity contribution >= 4 is 44.2 Å². The van der Waals surface area contributed by atoms with Gasteiger partial charge >= 0.3 is 0 Å². The van der Waals surface area contributed by atoms with E-state index in [4.69, 9.17) is 4.74 Å². The molecule has 5 heteroatoms. The first-order chi connectivity index (χ1) is 14.2. The highest BCUT2D eigenvalue weighted by atomic mass is 32.1. The summed E-state index contributed by atoms with van der Waals surface area (Å²) in [5.74, 6) is 0.611. The predicted molar refractivity (Wildman–Crippen MR) is 120 cm³/mol. The van der Waals surface area contributed by atoms with Gasteiger partial charge in [-0.05, 0) is 42.3 Å². The molecule has 4 aromatic rings. The van der Waals surface area contributed by atoms with Gasteiger partial charge in [-0.2, -0.15) is 0 Å². The largest absolute Gasteiger partial charge is 0.494 e. The van der Waals surface area contributed by atoms with Gasteiger partial charge in [-0.15, -0.1) is 0 Å². The van der Waals surface area contributed by atoms with Gasteiger partial charge < -0.3 is 4.74 Å². The Hall–Kier alpha value is -3.44. The van der Waals surface area contributed by atoms with Crippen molar-refractivity contribution in [3.05, 3.63) is 90.0 Å². The smallest absolute Gasteiger partial charge is 0.258 e. The van der Waals surface area contributed by atoms with Crippen molar-refractivity contribution in [1.29, 1.82) is 0 Å². The number of ether oxygens (including phenoxy) is 1. The lowest BCUT2D eigenvalue weighted by Crippen LogP contribution is -2.13. The summed E-state index contributed by atoms with van der Waals surface area (Å²) in [6.07, 6.45) is 1.89. The summed E-state index contributed by atoms with van der Waals surface area (Å²) < 4.78 is 6.52. The number of hydrogen-bond acceptors (Lipinski definition) is 4. The molecule has 144 valence electrons. The minimum absolute atomic E-state index is 0.191. The maximum absolute atomic E-state index is 13.1. The lowest BCUT2D eigenvalue weighted by molar-refractivity contribution is -0.111. The van der Waals surface area contributed by atoms with Crippen LogP contribution in [-0.2, 0) is 4.79 Å². The maximum Gasteiger partial charge on any atom is 0.258 e. The molecular weight excluding hydrogens is 380 g/mol. The van der Waals surface area contributed by atoms with Crippen LogP contribution in [0, 0.1) is 0 Å². The molecule has 0 aliphatic rings. The molecule has 1 N–H and O–H groups in total. The number of nitrogens with zero attached hydrogens (tertiary/aromatic N) is 1. The van der Waals surface area contributed by atoms with E-state index in [1.54, 1.807) is 0 Å². The standard InChI is InChI=1S/C24H20N2O2S/c1-2-28-19-13-14-21-22(16-19)29-24(25-21)26-23(27)20(18-11-7-4-8-12-18)15-17-9-5-3-6-10-17/h3-16H,2H2,1H3,(H,25,26,27)/b20-15+. The summed E-state index contributed by atoms with van der Waals surface area (Å²) in [5.41, 5.74) is 3.24. The van der Waals surface area contributed by atoms with Crippen molar-refractivity contribution < 1.29 is 9.53 Å². The zero-order chi connectivity index (χ0) is 20.1. The molecule has 0 unspecified atom stereocenters. The number of hydrogen-bond donors (Lipinski definition) is 1. The van der Waals surface area contributed by atoms with Crippen molar-refractivity contribution in [1.82, 2.24) is 4.98 Å². The molecule has 4 rings (SSSR count). The summed E-state index contributed by atoms with van der Waals surface area (Å²) in [6, 6.07) is 25.2. The predicted octanol–water partition coefficient (Wildman–Crippen LogP) is 5.87. The van der Waals surface area contributed by atoms with Crippen molar-refractivity contribution in [2.75, 3.05) is 11.9 Å². The van der Waals surface area contributed by atoms with Gasteiger partial charge in [0.05, 0.1) is 16.8 Å². The van der Waals surface area contributed by atoms with Crippen molar-refractivity contribution in [2.45, 2.75) is 6.92 Å². The van der Waals surface area contributed by atoms with E-state index < -0.39 is 0 Å². The molecule has 0 aliphatic heterocycles. The van der Waals surface area contributed by atoms with Crippen LogP contribution in [0.4, 0.5) is 5.13 Å². The number of carbonyl (C=O) groups excluding carboxylic acids is 1. The first kappa shape index (κ1) is 18.9. The van der Waals surface area contributed by atoms with Crippen molar-refractivity contribution in [3.8, 4) is 5.75 Å². The Bertz CT molecular complexity index is 1150. The van der Waals surface area contributed by atoms with Gasteiger partial charge in [-0.1, -0.05) is 72.0 Å². The number of thiazole rings is 1. The van der Waals surface area contributed by atoms with E-state index in [0.29, 0.717) is 17.3 Å². The highest BCUT2D eigenvalue weighted by Gasteiger charge is 2.15. The van der Waals surface area contributed by atoms with Crippen LogP contribution in [0.2, 0.25) is 0 Å². The van der Waals surface area contributed by atoms with Crippen molar-refractivity contribution in [2.24, 2.45) is 0 Å². The van der Waals surface area contributed by atoms with Crippen LogP contribution in [0.5, 0.6) is 5.75 Å². The Kier molecular flexibility index (Phi) is 5.68. The summed E-state index contributed by atoms with van der Waals surface area (Å²) in [7, 11) is 0. The average Bonchev–Trinajstić information content (AvgIpc) is 3.15. The first-order valence-electron chi connectivity index (χ1n) is 9.40. The van der Waals surface area contributed by atoms with Crippen LogP contribution in [-0.4, -0.2) is 17.5 Å². The molecule has 0 atom stereocenters. The molecule has 3 aromatic carbocycles. The van der Waals surface area contributed by atoms with Crippen LogP contribution in [0.15, 0.2) is 78.9 Å². The SMILES string of the molecule is CCOc1ccc2nc(NC(=O)/C(=C/c3ccccc3)c3ccccc3)sc2c1. The topological polar surface area (TPSA) is 51.2 Å². The Labute approximate surface area is 173 Å². The second-order valence-corrected chi connectivity index (χ2v) is 7.40. The highest BCUT2D eigenvalue weighted by Crippen LogP contribution is 2.30. The molecule has 0 saturated heterocycles. The number of aromatic nitrogens is 1. The summed E-state index contributed by atoms with van der Waals surface area (Å²) in [4.78, 5) is 17.7. The van der Waals surface area contributed by atoms with E-state index in [-0.39, 0.29) is 5.91 Å². The molecule has 4 nitrogen and oxygen atoms in total. The molecule has 0 radical (unpaired) electrons. The van der Waals surface area contributed by atoms with E-state index >= 15 is 0 Å². The Morgan fingerprint density at radius 1 is 1.03 bits per heavy atom. The number of amides is 1. The third kappa shape index (κ3) is 4.52. The van der Waals surface area contributed by atoms with Gasteiger partial charge in [-0.3, -0.25) is 10.1 Å². The zero-order valence-corrected chi connectivity index (χ0v) is 16.8. The first-order valence-corrected chi connectivity index (χ1v) is 10.2. The van der Waals surface area contributed by atoms with E-state index in [9.17, 15) is 4.79 Å². The number of anilines is 1. The fourth-order valence-corrected chi connectivity index (χ4v) is 3.88. The molecular formula is C24H20N2O2S. The second kappa shape index (κ2) is 8.71. The van der Waals surface area contributed by atoms with Crippen LogP contribution in [0.3, 0.4) is 0 Å². The monoisotopic (exact) mass is 400 g/mol. The summed E-state index contributed by atoms with van der Waals surface area (Å²) in [5, 5.41) is 3.52. The molecule has 0 spiro atoms. The molecule has 0 aliphatic carbocycles. The minimum Gasteiger partial charge on any atom is -0.494 e. The number of benzene rings is 3. The second-order valence-electron chi connectivity index (χ2n) is 6.37. The van der Waals surface area contributed by atoms with Gasteiger partial charge in [0.2, 0.25) is 0 Å². The van der Waals surface area contributed by atoms with E-state index in [0.717, 1.165) is 27.1 Å². The van der Waals surface area contributed by atoms with Gasteiger partial charge in [0.1, 0.15) is 5.75 Å². The average molecular weight is 401 g/mol. The maximum atomic E-state index is 13.1. The lowest BCUT2D eigenvalue weighted by Gasteiger charge is -2.08. The number of rotatable bonds is 6. The van der Waals surface area contributed by atoms with Gasteiger partial charge in [0.25, 0.3) is 5.91 Å². The minimum atomic E-state index is -0.191. The summed E-state index contributed by atoms with van der Waals surface area (Å²) in [6.45, 7) is 2.56. The van der Waals surface area contributed by atoms with Crippen LogP contribution < -0.4 is 10.1 Å². The van der Waals surface area contributed by atoms with Gasteiger partial charge in [0.15, 0.2) is 5.13 Å². The molecule has 1 aromatic heterocycles. The Balaban J connectivity index is 1.64. The van der Waals surface area contributed by atoms with Gasteiger partial charge in [0, 0.05) is 5.57 Å². The quantitative estimate of drug-likeness (QED) is 0.325. The summed E-state index contributed by atoms with van der Waals surface area (Å²) >= 11 is 1.43. The molecule has 0 saturated carbocycles. The van der Waals surface area contributed by atoms with Crippen LogP contribution in [0.25, 0.3) is 21.9 Å². The lowest BCUT2D eigenvalue weighted by atomic mass is 10.0. The van der Waals surface area contributed by atoms with Crippen LogP contribution in [0.1, 0.15) is 18.1 Å². The van der Waals surface area contributed by atoms with Crippen LogP contribution >= 0.6 is 11.3 Å². The third-order valence-corrected chi connectivity index (χ3v) is 5.26. The van der Waals surface area contributed by atoms with E-state index in [1.807, 2.05) is 91.9 Å². The molecule has 1 amide bonds. The number of carbonyl (C=O) groups is 1. The molecule has 1 heterocycles. The molecule has 0 fully saturated rings. The normalized spacial score (nSPS) is 11.4. The number of nitrogens with one attached hydrogen (secondary N) is 1. The molecule has 0 bridgehead atoms. The fraction of sp³-hybridized carbons (Fsp3) is 0.0833. The zero-order valence-electron chi connectivity index (χ0n) is 16.0. The third-order valence-electron chi connectivity index (χ3n) is 4.33. The van der Waals surface area contributed by atoms with E-state index in [1.165, 1.54) is 11.3 Å². The number of fused-ring (bicyclic) bond motifs is 1. The van der Waals surface area contributed by atoms with Gasteiger partial charge in [-0.25, -0.2) is 4.98 Å².